The van der Waals surface area contributed by atoms with E-state index in [1.54, 1.807) is 18.2 Å². The highest BCUT2D eigenvalue weighted by Crippen LogP contribution is 2.44. The number of hydrogen-bond donors (Lipinski definition) is 1. The molecule has 9 heteroatoms. The molecule has 0 saturated carbocycles. The maximum Gasteiger partial charge on any atom is 0.587 e. The molecule has 0 radical (unpaired) electrons. The Morgan fingerprint density at radius 3 is 2.23 bits per heavy atom. The first-order valence-corrected chi connectivity index (χ1v) is 7.43. The quantitative estimate of drug-likeness (QED) is 0.511. The normalized spacial score (nSPS) is 13.0. The van der Waals surface area contributed by atoms with E-state index in [1.807, 2.05) is 0 Å². The fourth-order valence-corrected chi connectivity index (χ4v) is 2.25. The fourth-order valence-electron chi connectivity index (χ4n) is 1.51. The second-order valence-electron chi connectivity index (χ2n) is 4.06. The van der Waals surface area contributed by atoms with Gasteiger partial charge in [0.15, 0.2) is 0 Å². The smallest absolute Gasteiger partial charge is 0.395 e. The van der Waals surface area contributed by atoms with Crippen molar-refractivity contribution in [1.82, 2.24) is 0 Å². The van der Waals surface area contributed by atoms with E-state index in [9.17, 15) is 24.4 Å². The Bertz CT molecular complexity index is 730. The minimum absolute atomic E-state index is 0.0871. The van der Waals surface area contributed by atoms with E-state index in [-0.39, 0.29) is 17.0 Å². The molecule has 0 aliphatic rings. The molecule has 2 aromatic rings. The number of carbonyl (C=O) groups excluding carboxylic acids is 1. The number of benzene rings is 2. The average Bonchev–Trinajstić information content (AvgIpc) is 2.47. The molecule has 0 spiro atoms. The third kappa shape index (κ3) is 4.15. The standard InChI is InChI=1S/C13H10NO7P/c15-13(10-4-2-1-3-5-10)21-22(18,19)20-12-8-6-11(7-9-12)14(16)17/h1-9H,(H,18,19). The number of phosphoric acid groups is 1. The van der Waals surface area contributed by atoms with Crippen LogP contribution in [-0.4, -0.2) is 15.8 Å². The van der Waals surface area contributed by atoms with Crippen LogP contribution in [0.15, 0.2) is 54.6 Å². The third-order valence-electron chi connectivity index (χ3n) is 2.48. The molecule has 114 valence electrons. The van der Waals surface area contributed by atoms with Gasteiger partial charge in [-0.15, -0.1) is 0 Å². The van der Waals surface area contributed by atoms with Crippen LogP contribution in [0, 0.1) is 10.1 Å². The predicted octanol–water partition coefficient (Wildman–Crippen LogP) is 2.93. The SMILES string of the molecule is O=C(OP(=O)(O)Oc1ccc([N+](=O)[O-])cc1)c1ccccc1. The molecule has 0 aromatic heterocycles. The van der Waals surface area contributed by atoms with Crippen LogP contribution in [-0.2, 0) is 9.09 Å². The number of carbonyl (C=O) groups is 1. The van der Waals surface area contributed by atoms with Crippen molar-refractivity contribution < 1.29 is 28.2 Å². The van der Waals surface area contributed by atoms with Gasteiger partial charge in [-0.2, -0.15) is 0 Å². The van der Waals surface area contributed by atoms with Crippen molar-refractivity contribution >= 4 is 19.5 Å². The van der Waals surface area contributed by atoms with Crippen LogP contribution in [0.3, 0.4) is 0 Å². The van der Waals surface area contributed by atoms with Gasteiger partial charge in [0, 0.05) is 12.1 Å². The summed E-state index contributed by atoms with van der Waals surface area (Å²) in [5.74, 6) is -1.16. The molecule has 0 fully saturated rings. The lowest BCUT2D eigenvalue weighted by molar-refractivity contribution is -0.384. The van der Waals surface area contributed by atoms with Crippen LogP contribution in [0.1, 0.15) is 10.4 Å². The largest absolute Gasteiger partial charge is 0.587 e. The van der Waals surface area contributed by atoms with E-state index in [0.717, 1.165) is 24.3 Å². The Morgan fingerprint density at radius 1 is 1.09 bits per heavy atom. The summed E-state index contributed by atoms with van der Waals surface area (Å²) in [4.78, 5) is 31.1. The molecular formula is C13H10NO7P. The molecule has 0 aliphatic carbocycles. The Labute approximate surface area is 124 Å². The van der Waals surface area contributed by atoms with Crippen LogP contribution in [0.2, 0.25) is 0 Å². The summed E-state index contributed by atoms with van der Waals surface area (Å²) in [5.41, 5.74) is -0.120. The maximum atomic E-state index is 11.7. The molecule has 0 aliphatic heterocycles. The van der Waals surface area contributed by atoms with Gasteiger partial charge < -0.3 is 9.05 Å². The third-order valence-corrected chi connectivity index (χ3v) is 3.31. The first kappa shape index (κ1) is 15.7. The van der Waals surface area contributed by atoms with Crippen molar-refractivity contribution in [2.24, 2.45) is 0 Å². The zero-order chi connectivity index (χ0) is 16.2. The summed E-state index contributed by atoms with van der Waals surface area (Å²) in [6, 6.07) is 12.1. The molecule has 8 nitrogen and oxygen atoms in total. The zero-order valence-electron chi connectivity index (χ0n) is 11.0. The molecule has 0 amide bonds. The summed E-state index contributed by atoms with van der Waals surface area (Å²) in [6.07, 6.45) is 0. The van der Waals surface area contributed by atoms with Crippen molar-refractivity contribution in [3.8, 4) is 5.75 Å². The number of hydrogen-bond acceptors (Lipinski definition) is 6. The first-order chi connectivity index (χ1) is 10.4. The fraction of sp³-hybridized carbons (Fsp3) is 0. The minimum atomic E-state index is -4.69. The average molecular weight is 323 g/mol. The van der Waals surface area contributed by atoms with Gasteiger partial charge in [-0.3, -0.25) is 15.0 Å². The Kier molecular flexibility index (Phi) is 4.55. The maximum absolute atomic E-state index is 11.7. The number of rotatable bonds is 5. The van der Waals surface area contributed by atoms with Crippen LogP contribution >= 0.6 is 7.82 Å². The van der Waals surface area contributed by atoms with E-state index >= 15 is 0 Å². The van der Waals surface area contributed by atoms with Gasteiger partial charge in [-0.1, -0.05) is 18.2 Å². The topological polar surface area (TPSA) is 116 Å². The van der Waals surface area contributed by atoms with Gasteiger partial charge in [-0.05, 0) is 24.3 Å². The van der Waals surface area contributed by atoms with Gasteiger partial charge in [0.05, 0.1) is 10.5 Å². The van der Waals surface area contributed by atoms with Crippen molar-refractivity contribution in [3.05, 3.63) is 70.3 Å². The highest BCUT2D eigenvalue weighted by atomic mass is 31.2. The van der Waals surface area contributed by atoms with Gasteiger partial charge in [0.25, 0.3) is 5.69 Å². The number of nitro groups is 1. The highest BCUT2D eigenvalue weighted by molar-refractivity contribution is 7.48. The molecule has 2 aromatic carbocycles. The van der Waals surface area contributed by atoms with Gasteiger partial charge in [0.1, 0.15) is 5.75 Å². The minimum Gasteiger partial charge on any atom is -0.395 e. The van der Waals surface area contributed by atoms with E-state index in [4.69, 9.17) is 0 Å². The predicted molar refractivity (Wildman–Crippen MR) is 75.4 cm³/mol. The Hall–Kier alpha value is -2.70. The molecule has 2 rings (SSSR count). The van der Waals surface area contributed by atoms with Crippen LogP contribution in [0.25, 0.3) is 0 Å². The monoisotopic (exact) mass is 323 g/mol. The van der Waals surface area contributed by atoms with Crippen LogP contribution in [0.4, 0.5) is 5.69 Å². The second kappa shape index (κ2) is 6.38. The van der Waals surface area contributed by atoms with Crippen molar-refractivity contribution in [2.75, 3.05) is 0 Å². The Morgan fingerprint density at radius 2 is 1.68 bits per heavy atom. The number of non-ortho nitro benzene ring substituents is 1. The lowest BCUT2D eigenvalue weighted by atomic mass is 10.2. The molecule has 1 N–H and O–H groups in total. The van der Waals surface area contributed by atoms with Gasteiger partial charge in [-0.25, -0.2) is 9.36 Å². The van der Waals surface area contributed by atoms with E-state index in [1.165, 1.54) is 12.1 Å². The first-order valence-electron chi connectivity index (χ1n) is 5.93. The summed E-state index contributed by atoms with van der Waals surface area (Å²) in [7, 11) is -4.69. The number of phosphoric ester groups is 1. The lowest BCUT2D eigenvalue weighted by Gasteiger charge is -2.12. The molecule has 22 heavy (non-hydrogen) atoms. The number of nitro benzene ring substituents is 1. The molecular weight excluding hydrogens is 313 g/mol. The molecule has 1 atom stereocenters. The highest BCUT2D eigenvalue weighted by Gasteiger charge is 2.29. The van der Waals surface area contributed by atoms with Crippen molar-refractivity contribution in [2.45, 2.75) is 0 Å². The molecule has 0 bridgehead atoms. The van der Waals surface area contributed by atoms with E-state index in [0.29, 0.717) is 0 Å². The van der Waals surface area contributed by atoms with E-state index < -0.39 is 18.7 Å². The van der Waals surface area contributed by atoms with Gasteiger partial charge >= 0.3 is 13.8 Å². The summed E-state index contributed by atoms with van der Waals surface area (Å²) in [5, 5.41) is 10.5. The van der Waals surface area contributed by atoms with Crippen molar-refractivity contribution in [1.29, 1.82) is 0 Å². The molecule has 0 saturated heterocycles. The van der Waals surface area contributed by atoms with E-state index in [2.05, 4.69) is 9.05 Å². The van der Waals surface area contributed by atoms with Crippen molar-refractivity contribution in [3.63, 3.8) is 0 Å². The zero-order valence-corrected chi connectivity index (χ0v) is 11.9. The van der Waals surface area contributed by atoms with Crippen LogP contribution in [0.5, 0.6) is 5.75 Å². The summed E-state index contributed by atoms with van der Waals surface area (Å²) >= 11 is 0. The Balaban J connectivity index is 2.06. The van der Waals surface area contributed by atoms with Crippen LogP contribution < -0.4 is 4.52 Å². The lowest BCUT2D eigenvalue weighted by Crippen LogP contribution is -2.06. The molecule has 0 heterocycles. The summed E-state index contributed by atoms with van der Waals surface area (Å²) < 4.78 is 20.8. The molecule has 1 unspecified atom stereocenters. The van der Waals surface area contributed by atoms with Gasteiger partial charge in [0.2, 0.25) is 0 Å². The number of nitrogens with zero attached hydrogens (tertiary/aromatic N) is 1. The second-order valence-corrected chi connectivity index (χ2v) is 5.36. The summed E-state index contributed by atoms with van der Waals surface area (Å²) in [6.45, 7) is 0.